The lowest BCUT2D eigenvalue weighted by Gasteiger charge is -2.05. The molecule has 2 amide bonds. The van der Waals surface area contributed by atoms with Gasteiger partial charge in [0, 0.05) is 6.08 Å². The molecule has 6 heteroatoms. The summed E-state index contributed by atoms with van der Waals surface area (Å²) < 4.78 is 18.6. The van der Waals surface area contributed by atoms with Crippen LogP contribution in [0.4, 0.5) is 4.39 Å². The highest BCUT2D eigenvalue weighted by Crippen LogP contribution is 2.07. The van der Waals surface area contributed by atoms with Gasteiger partial charge in [0.2, 0.25) is 0 Å². The van der Waals surface area contributed by atoms with Crippen LogP contribution in [0, 0.1) is 12.7 Å². The summed E-state index contributed by atoms with van der Waals surface area (Å²) in [4.78, 5) is 23.1. The second-order valence-electron chi connectivity index (χ2n) is 4.20. The quantitative estimate of drug-likeness (QED) is 0.672. The Balaban J connectivity index is 1.88. The number of hydrogen-bond donors (Lipinski definition) is 2. The van der Waals surface area contributed by atoms with E-state index < -0.39 is 17.6 Å². The number of furan rings is 1. The first-order valence-electron chi connectivity index (χ1n) is 6.15. The van der Waals surface area contributed by atoms with Crippen LogP contribution in [-0.4, -0.2) is 11.8 Å². The molecule has 0 bridgehead atoms. The molecule has 0 fully saturated rings. The molecule has 0 atom stereocenters. The molecule has 0 radical (unpaired) electrons. The maximum Gasteiger partial charge on any atom is 0.272 e. The minimum Gasteiger partial charge on any atom is -0.462 e. The Morgan fingerprint density at radius 3 is 2.57 bits per heavy atom. The van der Waals surface area contributed by atoms with Crippen LogP contribution in [0.2, 0.25) is 0 Å². The molecule has 2 N–H and O–H groups in total. The lowest BCUT2D eigenvalue weighted by molar-refractivity contribution is -0.117. The van der Waals surface area contributed by atoms with E-state index in [4.69, 9.17) is 4.42 Å². The lowest BCUT2D eigenvalue weighted by atomic mass is 10.2. The first-order chi connectivity index (χ1) is 10.1. The van der Waals surface area contributed by atoms with E-state index in [0.717, 1.165) is 11.8 Å². The fourth-order valence-electron chi connectivity index (χ4n) is 1.57. The summed E-state index contributed by atoms with van der Waals surface area (Å²) in [5.74, 6) is -0.714. The molecule has 5 nitrogen and oxygen atoms in total. The summed E-state index contributed by atoms with van der Waals surface area (Å²) in [7, 11) is 0. The molecule has 2 aromatic rings. The molecule has 0 aliphatic carbocycles. The second kappa shape index (κ2) is 6.51. The molecule has 0 unspecified atom stereocenters. The third-order valence-corrected chi connectivity index (χ3v) is 2.58. The second-order valence-corrected chi connectivity index (χ2v) is 4.20. The average Bonchev–Trinajstić information content (AvgIpc) is 2.89. The van der Waals surface area contributed by atoms with E-state index in [0.29, 0.717) is 5.76 Å². The van der Waals surface area contributed by atoms with Gasteiger partial charge in [-0.15, -0.1) is 0 Å². The zero-order valence-corrected chi connectivity index (χ0v) is 11.2. The first kappa shape index (κ1) is 14.5. The summed E-state index contributed by atoms with van der Waals surface area (Å²) in [5.41, 5.74) is 4.12. The SMILES string of the molecule is Cc1ccc(C=CC(=O)NNC(=O)c2ccccc2F)o1. The fourth-order valence-corrected chi connectivity index (χ4v) is 1.57. The van der Waals surface area contributed by atoms with Gasteiger partial charge in [0.05, 0.1) is 5.56 Å². The number of benzene rings is 1. The van der Waals surface area contributed by atoms with Gasteiger partial charge in [0.1, 0.15) is 17.3 Å². The average molecular weight is 288 g/mol. The van der Waals surface area contributed by atoms with Crippen LogP contribution in [0.25, 0.3) is 6.08 Å². The number of nitrogens with one attached hydrogen (secondary N) is 2. The monoisotopic (exact) mass is 288 g/mol. The van der Waals surface area contributed by atoms with Crippen molar-refractivity contribution in [3.05, 3.63) is 65.4 Å². The molecule has 1 aromatic heterocycles. The van der Waals surface area contributed by atoms with Gasteiger partial charge in [-0.3, -0.25) is 20.4 Å². The molecule has 1 heterocycles. The van der Waals surface area contributed by atoms with Crippen LogP contribution < -0.4 is 10.9 Å². The molecule has 1 aromatic carbocycles. The summed E-state index contributed by atoms with van der Waals surface area (Å²) in [6.45, 7) is 1.78. The number of hydrazine groups is 1. The van der Waals surface area contributed by atoms with E-state index in [1.165, 1.54) is 30.4 Å². The Labute approximate surface area is 120 Å². The molecule has 0 aliphatic rings. The third kappa shape index (κ3) is 4.04. The highest BCUT2D eigenvalue weighted by molar-refractivity contribution is 5.97. The van der Waals surface area contributed by atoms with E-state index in [-0.39, 0.29) is 5.56 Å². The fraction of sp³-hybridized carbons (Fsp3) is 0.0667. The number of aryl methyl sites for hydroxylation is 1. The largest absolute Gasteiger partial charge is 0.462 e. The number of rotatable bonds is 3. The highest BCUT2D eigenvalue weighted by atomic mass is 19.1. The van der Waals surface area contributed by atoms with Crippen molar-refractivity contribution in [3.8, 4) is 0 Å². The van der Waals surface area contributed by atoms with Crippen LogP contribution in [0.1, 0.15) is 21.9 Å². The number of carbonyl (C=O) groups is 2. The normalized spacial score (nSPS) is 10.6. The summed E-state index contributed by atoms with van der Waals surface area (Å²) in [6, 6.07) is 8.94. The van der Waals surface area contributed by atoms with Crippen LogP contribution >= 0.6 is 0 Å². The van der Waals surface area contributed by atoms with Crippen molar-refractivity contribution in [2.24, 2.45) is 0 Å². The predicted molar refractivity (Wildman–Crippen MR) is 74.5 cm³/mol. The third-order valence-electron chi connectivity index (χ3n) is 2.58. The Kier molecular flexibility index (Phi) is 4.50. The topological polar surface area (TPSA) is 71.3 Å². The van der Waals surface area contributed by atoms with Gasteiger partial charge in [0.25, 0.3) is 11.8 Å². The van der Waals surface area contributed by atoms with Gasteiger partial charge in [0.15, 0.2) is 0 Å². The van der Waals surface area contributed by atoms with Crippen molar-refractivity contribution < 1.29 is 18.4 Å². The predicted octanol–water partition coefficient (Wildman–Crippen LogP) is 2.20. The molecule has 0 saturated heterocycles. The molecule has 0 spiro atoms. The number of amides is 2. The van der Waals surface area contributed by atoms with Gasteiger partial charge >= 0.3 is 0 Å². The minimum atomic E-state index is -0.733. The highest BCUT2D eigenvalue weighted by Gasteiger charge is 2.10. The van der Waals surface area contributed by atoms with E-state index in [2.05, 4.69) is 10.9 Å². The van der Waals surface area contributed by atoms with Crippen molar-refractivity contribution in [1.82, 2.24) is 10.9 Å². The van der Waals surface area contributed by atoms with Crippen LogP contribution in [0.5, 0.6) is 0 Å². The van der Waals surface area contributed by atoms with Crippen molar-refractivity contribution in [2.45, 2.75) is 6.92 Å². The lowest BCUT2D eigenvalue weighted by Crippen LogP contribution is -2.41. The molecular weight excluding hydrogens is 275 g/mol. The summed E-state index contributed by atoms with van der Waals surface area (Å²) in [5, 5.41) is 0. The van der Waals surface area contributed by atoms with Crippen LogP contribution in [0.3, 0.4) is 0 Å². The maximum atomic E-state index is 13.3. The molecule has 21 heavy (non-hydrogen) atoms. The van der Waals surface area contributed by atoms with Crippen molar-refractivity contribution in [3.63, 3.8) is 0 Å². The Morgan fingerprint density at radius 1 is 1.14 bits per heavy atom. The molecule has 2 rings (SSSR count). The zero-order valence-electron chi connectivity index (χ0n) is 11.2. The Bertz CT molecular complexity index is 692. The molecule has 0 aliphatic heterocycles. The van der Waals surface area contributed by atoms with E-state index in [1.807, 2.05) is 0 Å². The number of hydrogen-bond acceptors (Lipinski definition) is 3. The van der Waals surface area contributed by atoms with Gasteiger partial charge in [-0.25, -0.2) is 4.39 Å². The molecule has 0 saturated carbocycles. The van der Waals surface area contributed by atoms with Gasteiger partial charge in [-0.1, -0.05) is 12.1 Å². The van der Waals surface area contributed by atoms with Crippen molar-refractivity contribution >= 4 is 17.9 Å². The minimum absolute atomic E-state index is 0.150. The van der Waals surface area contributed by atoms with E-state index >= 15 is 0 Å². The number of carbonyl (C=O) groups excluding carboxylic acids is 2. The standard InChI is InChI=1S/C15H13FN2O3/c1-10-6-7-11(21-10)8-9-14(19)17-18-15(20)12-4-2-3-5-13(12)16/h2-9H,1H3,(H,17,19)(H,18,20). The van der Waals surface area contributed by atoms with Gasteiger partial charge in [-0.2, -0.15) is 0 Å². The van der Waals surface area contributed by atoms with E-state index in [1.54, 1.807) is 19.1 Å². The molecular formula is C15H13FN2O3. The van der Waals surface area contributed by atoms with Crippen LogP contribution in [0.15, 0.2) is 46.9 Å². The molecule has 108 valence electrons. The summed E-state index contributed by atoms with van der Waals surface area (Å²) in [6.07, 6.45) is 2.65. The Morgan fingerprint density at radius 2 is 1.90 bits per heavy atom. The first-order valence-corrected chi connectivity index (χ1v) is 6.15. The van der Waals surface area contributed by atoms with Gasteiger partial charge < -0.3 is 4.42 Å². The summed E-state index contributed by atoms with van der Waals surface area (Å²) >= 11 is 0. The van der Waals surface area contributed by atoms with Crippen LogP contribution in [-0.2, 0) is 4.79 Å². The number of halogens is 1. The van der Waals surface area contributed by atoms with Gasteiger partial charge in [-0.05, 0) is 37.3 Å². The zero-order chi connectivity index (χ0) is 15.2. The smallest absolute Gasteiger partial charge is 0.272 e. The van der Waals surface area contributed by atoms with Crippen molar-refractivity contribution in [1.29, 1.82) is 0 Å². The Hall–Kier alpha value is -2.89. The van der Waals surface area contributed by atoms with E-state index in [9.17, 15) is 14.0 Å². The maximum absolute atomic E-state index is 13.3. The van der Waals surface area contributed by atoms with Crippen molar-refractivity contribution in [2.75, 3.05) is 0 Å².